The van der Waals surface area contributed by atoms with Crippen LogP contribution in [0.4, 0.5) is 11.5 Å². The van der Waals surface area contributed by atoms with Gasteiger partial charge in [-0.2, -0.15) is 5.26 Å². The lowest BCUT2D eigenvalue weighted by atomic mass is 10.2. The van der Waals surface area contributed by atoms with Gasteiger partial charge in [0.2, 0.25) is 0 Å². The van der Waals surface area contributed by atoms with E-state index in [0.29, 0.717) is 17.1 Å². The molecule has 6 heteroatoms. The molecule has 2 aromatic rings. The van der Waals surface area contributed by atoms with Crippen LogP contribution in [0.2, 0.25) is 0 Å². The predicted octanol–water partition coefficient (Wildman–Crippen LogP) is 2.81. The van der Waals surface area contributed by atoms with E-state index in [4.69, 9.17) is 5.26 Å². The minimum absolute atomic E-state index is 0.225. The summed E-state index contributed by atoms with van der Waals surface area (Å²) in [5, 5.41) is 14.7. The topological polar surface area (TPSA) is 90.7 Å². The molecule has 1 heterocycles. The van der Waals surface area contributed by atoms with Crippen molar-refractivity contribution in [1.82, 2.24) is 9.97 Å². The second-order valence-corrected chi connectivity index (χ2v) is 4.71. The highest BCUT2D eigenvalue weighted by Crippen LogP contribution is 2.11. The number of nitriles is 1. The van der Waals surface area contributed by atoms with Crippen LogP contribution in [-0.2, 0) is 0 Å². The smallest absolute Gasteiger partial charge is 0.275 e. The van der Waals surface area contributed by atoms with Crippen LogP contribution < -0.4 is 10.6 Å². The summed E-state index contributed by atoms with van der Waals surface area (Å²) in [5.74, 6) is 0.291. The third kappa shape index (κ3) is 4.28. The van der Waals surface area contributed by atoms with Gasteiger partial charge in [0.05, 0.1) is 24.0 Å². The van der Waals surface area contributed by atoms with Crippen molar-refractivity contribution in [2.24, 2.45) is 0 Å². The Balaban J connectivity index is 1.99. The standard InChI is InChI=1S/C16H17N5O/c1-2-3-7-18-15-11-19-14(10-20-15)16(22)21-13-6-4-5-12(8-13)9-17/h4-6,8,10-11H,2-3,7H2,1H3,(H,18,20)(H,21,22). The Morgan fingerprint density at radius 1 is 1.32 bits per heavy atom. The molecule has 0 fully saturated rings. The van der Waals surface area contributed by atoms with Crippen LogP contribution in [0, 0.1) is 11.3 Å². The largest absolute Gasteiger partial charge is 0.369 e. The van der Waals surface area contributed by atoms with Gasteiger partial charge in [0.1, 0.15) is 11.5 Å². The van der Waals surface area contributed by atoms with Crippen molar-refractivity contribution in [1.29, 1.82) is 5.26 Å². The zero-order valence-electron chi connectivity index (χ0n) is 12.3. The number of aromatic nitrogens is 2. The summed E-state index contributed by atoms with van der Waals surface area (Å²) in [4.78, 5) is 20.3. The summed E-state index contributed by atoms with van der Waals surface area (Å²) < 4.78 is 0. The number of hydrogen-bond acceptors (Lipinski definition) is 5. The Kier molecular flexibility index (Phi) is 5.44. The van der Waals surface area contributed by atoms with E-state index in [1.807, 2.05) is 6.07 Å². The fraction of sp³-hybridized carbons (Fsp3) is 0.250. The lowest BCUT2D eigenvalue weighted by Crippen LogP contribution is -2.14. The number of benzene rings is 1. The molecule has 1 aromatic heterocycles. The van der Waals surface area contributed by atoms with Crippen molar-refractivity contribution in [3.63, 3.8) is 0 Å². The molecule has 2 rings (SSSR count). The Hall–Kier alpha value is -2.94. The zero-order chi connectivity index (χ0) is 15.8. The van der Waals surface area contributed by atoms with Crippen molar-refractivity contribution in [2.75, 3.05) is 17.2 Å². The minimum atomic E-state index is -0.359. The first-order chi connectivity index (χ1) is 10.7. The molecule has 2 N–H and O–H groups in total. The summed E-state index contributed by atoms with van der Waals surface area (Å²) in [6, 6.07) is 8.72. The number of amides is 1. The Morgan fingerprint density at radius 2 is 2.18 bits per heavy atom. The van der Waals surface area contributed by atoms with Crippen LogP contribution in [-0.4, -0.2) is 22.4 Å². The minimum Gasteiger partial charge on any atom is -0.369 e. The first kappa shape index (κ1) is 15.4. The van der Waals surface area contributed by atoms with Gasteiger partial charge in [-0.15, -0.1) is 0 Å². The number of carbonyl (C=O) groups excluding carboxylic acids is 1. The van der Waals surface area contributed by atoms with Gasteiger partial charge < -0.3 is 10.6 Å². The van der Waals surface area contributed by atoms with Crippen LogP contribution in [0.1, 0.15) is 35.8 Å². The Bertz CT molecular complexity index is 676. The summed E-state index contributed by atoms with van der Waals surface area (Å²) in [6.45, 7) is 2.94. The van der Waals surface area contributed by atoms with Crippen molar-refractivity contribution in [3.8, 4) is 6.07 Å². The summed E-state index contributed by atoms with van der Waals surface area (Å²) in [7, 11) is 0. The zero-order valence-corrected chi connectivity index (χ0v) is 12.3. The number of carbonyl (C=O) groups is 1. The maximum absolute atomic E-state index is 12.1. The fourth-order valence-electron chi connectivity index (χ4n) is 1.79. The van der Waals surface area contributed by atoms with Gasteiger partial charge in [-0.1, -0.05) is 19.4 Å². The van der Waals surface area contributed by atoms with Crippen molar-refractivity contribution >= 4 is 17.4 Å². The molecule has 1 amide bonds. The SMILES string of the molecule is CCCCNc1cnc(C(=O)Nc2cccc(C#N)c2)cn1. The maximum Gasteiger partial charge on any atom is 0.275 e. The van der Waals surface area contributed by atoms with E-state index in [0.717, 1.165) is 19.4 Å². The van der Waals surface area contributed by atoms with E-state index in [9.17, 15) is 4.79 Å². The van der Waals surface area contributed by atoms with Gasteiger partial charge in [-0.3, -0.25) is 4.79 Å². The summed E-state index contributed by atoms with van der Waals surface area (Å²) in [5.41, 5.74) is 1.26. The van der Waals surface area contributed by atoms with Gasteiger partial charge in [-0.25, -0.2) is 9.97 Å². The molecule has 0 radical (unpaired) electrons. The maximum atomic E-state index is 12.1. The molecule has 0 saturated heterocycles. The van der Waals surface area contributed by atoms with Gasteiger partial charge in [0, 0.05) is 12.2 Å². The van der Waals surface area contributed by atoms with E-state index >= 15 is 0 Å². The molecule has 6 nitrogen and oxygen atoms in total. The molecule has 22 heavy (non-hydrogen) atoms. The highest BCUT2D eigenvalue weighted by molar-refractivity contribution is 6.02. The van der Waals surface area contributed by atoms with E-state index < -0.39 is 0 Å². The summed E-state index contributed by atoms with van der Waals surface area (Å²) in [6.07, 6.45) is 5.12. The number of anilines is 2. The monoisotopic (exact) mass is 295 g/mol. The van der Waals surface area contributed by atoms with E-state index in [2.05, 4.69) is 27.5 Å². The van der Waals surface area contributed by atoms with Crippen molar-refractivity contribution in [3.05, 3.63) is 47.9 Å². The number of unbranched alkanes of at least 4 members (excludes halogenated alkanes) is 1. The van der Waals surface area contributed by atoms with Crippen LogP contribution >= 0.6 is 0 Å². The van der Waals surface area contributed by atoms with Crippen LogP contribution in [0.5, 0.6) is 0 Å². The fourth-order valence-corrected chi connectivity index (χ4v) is 1.79. The van der Waals surface area contributed by atoms with Crippen LogP contribution in [0.3, 0.4) is 0 Å². The number of rotatable bonds is 6. The Morgan fingerprint density at radius 3 is 2.86 bits per heavy atom. The van der Waals surface area contributed by atoms with Gasteiger partial charge in [0.15, 0.2) is 0 Å². The first-order valence-corrected chi connectivity index (χ1v) is 7.10. The normalized spacial score (nSPS) is 9.82. The number of hydrogen-bond donors (Lipinski definition) is 2. The van der Waals surface area contributed by atoms with E-state index in [1.54, 1.807) is 24.3 Å². The lowest BCUT2D eigenvalue weighted by molar-refractivity contribution is 0.102. The van der Waals surface area contributed by atoms with E-state index in [-0.39, 0.29) is 11.6 Å². The van der Waals surface area contributed by atoms with Crippen molar-refractivity contribution < 1.29 is 4.79 Å². The molecule has 0 bridgehead atoms. The van der Waals surface area contributed by atoms with Crippen molar-refractivity contribution in [2.45, 2.75) is 19.8 Å². The molecule has 0 atom stereocenters. The molecular weight excluding hydrogens is 278 g/mol. The molecule has 0 unspecified atom stereocenters. The molecule has 0 aliphatic carbocycles. The quantitative estimate of drug-likeness (QED) is 0.800. The number of nitrogens with one attached hydrogen (secondary N) is 2. The molecule has 0 aliphatic heterocycles. The third-order valence-electron chi connectivity index (χ3n) is 2.97. The lowest BCUT2D eigenvalue weighted by Gasteiger charge is -2.06. The molecule has 112 valence electrons. The highest BCUT2D eigenvalue weighted by Gasteiger charge is 2.08. The number of nitrogens with zero attached hydrogens (tertiary/aromatic N) is 3. The molecular formula is C16H17N5O. The molecule has 0 saturated carbocycles. The highest BCUT2D eigenvalue weighted by atomic mass is 16.1. The second kappa shape index (κ2) is 7.74. The molecule has 0 aliphatic rings. The van der Waals surface area contributed by atoms with Gasteiger partial charge in [0.25, 0.3) is 5.91 Å². The molecule has 0 spiro atoms. The average molecular weight is 295 g/mol. The Labute approximate surface area is 129 Å². The third-order valence-corrected chi connectivity index (χ3v) is 2.97. The van der Waals surface area contributed by atoms with Gasteiger partial charge >= 0.3 is 0 Å². The predicted molar refractivity (Wildman–Crippen MR) is 84.5 cm³/mol. The van der Waals surface area contributed by atoms with Crippen LogP contribution in [0.15, 0.2) is 36.7 Å². The second-order valence-electron chi connectivity index (χ2n) is 4.71. The van der Waals surface area contributed by atoms with Gasteiger partial charge in [-0.05, 0) is 24.6 Å². The molecule has 1 aromatic carbocycles. The average Bonchev–Trinajstić information content (AvgIpc) is 2.56. The van der Waals surface area contributed by atoms with E-state index in [1.165, 1.54) is 12.4 Å². The summed E-state index contributed by atoms with van der Waals surface area (Å²) >= 11 is 0. The van der Waals surface area contributed by atoms with Crippen LogP contribution in [0.25, 0.3) is 0 Å². The first-order valence-electron chi connectivity index (χ1n) is 7.10.